The lowest BCUT2D eigenvalue weighted by molar-refractivity contribution is -0.385. The first-order chi connectivity index (χ1) is 22.0. The third-order valence-electron chi connectivity index (χ3n) is 6.02. The number of thiazole rings is 1. The number of carbonyl (C=O) groups is 2. The van der Waals surface area contributed by atoms with Crippen LogP contribution in [0.2, 0.25) is 0 Å². The molecule has 0 spiro atoms. The van der Waals surface area contributed by atoms with Crippen molar-refractivity contribution in [3.8, 4) is 0 Å². The van der Waals surface area contributed by atoms with Crippen LogP contribution in [0, 0.1) is 20.2 Å². The number of nitrogens with one attached hydrogen (secondary N) is 1. The van der Waals surface area contributed by atoms with E-state index >= 15 is 0 Å². The lowest BCUT2D eigenvalue weighted by Gasteiger charge is -2.23. The predicted molar refractivity (Wildman–Crippen MR) is 201 cm³/mol. The predicted octanol–water partition coefficient (Wildman–Crippen LogP) is 7.11. The first-order valence-corrected chi connectivity index (χ1v) is 16.9. The van der Waals surface area contributed by atoms with E-state index in [4.69, 9.17) is 28.4 Å². The molecule has 5 N–H and O–H groups in total. The fourth-order valence-electron chi connectivity index (χ4n) is 3.51. The Balaban J connectivity index is 0.000000778. The topological polar surface area (TPSA) is 207 Å². The number of halogens is 2. The molecule has 0 aliphatic heterocycles. The van der Waals surface area contributed by atoms with Crippen LogP contribution in [0.3, 0.4) is 0 Å². The zero-order chi connectivity index (χ0) is 35.7. The van der Waals surface area contributed by atoms with Gasteiger partial charge in [0, 0.05) is 36.1 Å². The van der Waals surface area contributed by atoms with Crippen molar-refractivity contribution in [2.75, 3.05) is 5.33 Å². The number of hydrogen-bond donors (Lipinski definition) is 3. The maximum Gasteiger partial charge on any atom is 0.408 e. The quantitative estimate of drug-likeness (QED) is 0.0725. The van der Waals surface area contributed by atoms with Crippen molar-refractivity contribution >= 4 is 84.7 Å². The summed E-state index contributed by atoms with van der Waals surface area (Å²) in [7, 11) is 0. The molecule has 3 rings (SSSR count). The standard InChI is InChI=1S/C14H19N3O4S.C13H15N3O2S.C4H7BrO.BrH/c1-14(2,3)21-13(18)16-11(12(15)22)8-9-4-6-10(7-5-9)17(19)20;1-2-10-8-19-13(15-10)12(14)7-9-3-5-11(6-4-9)16(17)18;1-2-4(6)3-5;/h4-7,11H,8H2,1-3H3,(H2,15,22)(H,16,18);3-6,8,12H,2,7,14H2,1H3;2-3H2,1H3;1H/t11-;12-;;/m00../s1. The number of nitro groups is 2. The lowest BCUT2D eigenvalue weighted by Crippen LogP contribution is -2.46. The van der Waals surface area contributed by atoms with E-state index in [0.717, 1.165) is 28.2 Å². The molecule has 264 valence electrons. The number of Topliss-reactive ketones (excluding diaryl/α,β-unsaturated/α-hetero) is 1. The first kappa shape index (κ1) is 44.6. The minimum absolute atomic E-state index is 0. The monoisotopic (exact) mass is 832 g/mol. The number of nitrogens with two attached hydrogens (primary N) is 2. The molecule has 1 amide bonds. The van der Waals surface area contributed by atoms with Gasteiger partial charge in [-0.05, 0) is 51.2 Å². The van der Waals surface area contributed by atoms with E-state index in [9.17, 15) is 29.8 Å². The number of carbonyl (C=O) groups excluding carboxylic acids is 2. The molecular weight excluding hydrogens is 792 g/mol. The number of thiocarbonyl (C=S) groups is 1. The third kappa shape index (κ3) is 17.7. The van der Waals surface area contributed by atoms with Crippen LogP contribution in [-0.4, -0.2) is 48.7 Å². The summed E-state index contributed by atoms with van der Waals surface area (Å²) in [5.41, 5.74) is 14.0. The van der Waals surface area contributed by atoms with Gasteiger partial charge in [0.2, 0.25) is 0 Å². The molecule has 0 aliphatic rings. The van der Waals surface area contributed by atoms with Gasteiger partial charge in [0.15, 0.2) is 0 Å². The molecule has 17 heteroatoms. The average molecular weight is 835 g/mol. The van der Waals surface area contributed by atoms with E-state index in [1.54, 1.807) is 56.4 Å². The van der Waals surface area contributed by atoms with Gasteiger partial charge in [0.25, 0.3) is 11.4 Å². The van der Waals surface area contributed by atoms with Gasteiger partial charge in [0.05, 0.1) is 37.9 Å². The molecule has 0 bridgehead atoms. The van der Waals surface area contributed by atoms with Gasteiger partial charge in [-0.1, -0.05) is 66.3 Å². The summed E-state index contributed by atoms with van der Waals surface area (Å²) in [5.74, 6) is 0.259. The SMILES string of the molecule is Br.CC(C)(C)OC(=O)N[C@@H](Cc1ccc([N+](=O)[O-])cc1)C(N)=S.CCC(=O)CBr.CCc1csc([C@@H](N)Cc2ccc([N+](=O)[O-])cc2)n1. The number of aryl methyl sites for hydroxylation is 1. The fourth-order valence-corrected chi connectivity index (χ4v) is 4.95. The molecule has 0 unspecified atom stereocenters. The Morgan fingerprint density at radius 1 is 1.00 bits per heavy atom. The van der Waals surface area contributed by atoms with Gasteiger partial charge in [0.1, 0.15) is 16.4 Å². The average Bonchev–Trinajstić information content (AvgIpc) is 3.50. The van der Waals surface area contributed by atoms with Crippen LogP contribution >= 0.6 is 56.5 Å². The van der Waals surface area contributed by atoms with Gasteiger partial charge < -0.3 is 21.5 Å². The summed E-state index contributed by atoms with van der Waals surface area (Å²) in [4.78, 5) is 46.8. The van der Waals surface area contributed by atoms with Gasteiger partial charge in [-0.3, -0.25) is 25.0 Å². The second kappa shape index (κ2) is 22.3. The Morgan fingerprint density at radius 3 is 1.81 bits per heavy atom. The molecule has 3 aromatic rings. The number of amides is 1. The van der Waals surface area contributed by atoms with E-state index in [1.165, 1.54) is 24.3 Å². The van der Waals surface area contributed by atoms with Gasteiger partial charge in [-0.15, -0.1) is 28.3 Å². The van der Waals surface area contributed by atoms with Gasteiger partial charge >= 0.3 is 6.09 Å². The normalized spacial score (nSPS) is 11.6. The third-order valence-corrected chi connectivity index (χ3v) is 7.95. The molecule has 0 aliphatic carbocycles. The van der Waals surface area contributed by atoms with Crippen molar-refractivity contribution < 1.29 is 24.2 Å². The second-order valence-electron chi connectivity index (χ2n) is 11.0. The number of benzene rings is 2. The van der Waals surface area contributed by atoms with Crippen LogP contribution in [-0.2, 0) is 28.8 Å². The second-order valence-corrected chi connectivity index (χ2v) is 12.9. The Labute approximate surface area is 308 Å². The molecular formula is C31H42Br2N6O7S2. The van der Waals surface area contributed by atoms with E-state index in [1.807, 2.05) is 12.3 Å². The molecule has 0 fully saturated rings. The molecule has 13 nitrogen and oxygen atoms in total. The van der Waals surface area contributed by atoms with Crippen LogP contribution in [0.15, 0.2) is 53.9 Å². The van der Waals surface area contributed by atoms with E-state index in [2.05, 4.69) is 33.2 Å². The van der Waals surface area contributed by atoms with Crippen LogP contribution in [0.4, 0.5) is 16.2 Å². The molecule has 0 saturated carbocycles. The highest BCUT2D eigenvalue weighted by molar-refractivity contribution is 9.09. The minimum Gasteiger partial charge on any atom is -0.444 e. The molecule has 1 heterocycles. The Kier molecular flexibility index (Phi) is 20.7. The fraction of sp³-hybridized carbons (Fsp3) is 0.419. The van der Waals surface area contributed by atoms with Crippen molar-refractivity contribution in [1.29, 1.82) is 0 Å². The number of nitrogens with zero attached hydrogens (tertiary/aromatic N) is 3. The highest BCUT2D eigenvalue weighted by Gasteiger charge is 2.21. The minimum atomic E-state index is -0.627. The summed E-state index contributed by atoms with van der Waals surface area (Å²) in [6, 6.07) is 11.7. The van der Waals surface area contributed by atoms with E-state index in [-0.39, 0.29) is 45.2 Å². The number of nitro benzene ring substituents is 2. The number of ether oxygens (including phenoxy) is 1. The number of rotatable bonds is 12. The smallest absolute Gasteiger partial charge is 0.408 e. The summed E-state index contributed by atoms with van der Waals surface area (Å²) in [5, 5.41) is 27.2. The Bertz CT molecular complexity index is 1480. The summed E-state index contributed by atoms with van der Waals surface area (Å²) in [6.07, 6.45) is 1.89. The van der Waals surface area contributed by atoms with Crippen molar-refractivity contribution in [3.05, 3.63) is 96.0 Å². The number of alkyl carbamates (subject to hydrolysis) is 1. The summed E-state index contributed by atoms with van der Waals surface area (Å²) in [6.45, 7) is 9.15. The van der Waals surface area contributed by atoms with Crippen molar-refractivity contribution in [2.45, 2.75) is 78.0 Å². The highest BCUT2D eigenvalue weighted by Crippen LogP contribution is 2.22. The van der Waals surface area contributed by atoms with E-state index in [0.29, 0.717) is 24.6 Å². The largest absolute Gasteiger partial charge is 0.444 e. The number of non-ortho nitro benzene ring substituents is 2. The summed E-state index contributed by atoms with van der Waals surface area (Å²) >= 11 is 9.53. The number of aromatic nitrogens is 1. The maximum atomic E-state index is 11.8. The molecule has 1 aromatic heterocycles. The number of alkyl halides is 1. The van der Waals surface area contributed by atoms with Crippen LogP contribution in [0.25, 0.3) is 0 Å². The van der Waals surface area contributed by atoms with Crippen molar-refractivity contribution in [1.82, 2.24) is 10.3 Å². The maximum absolute atomic E-state index is 11.8. The number of hydrogen-bond acceptors (Lipinski definition) is 11. The lowest BCUT2D eigenvalue weighted by atomic mass is 10.1. The van der Waals surface area contributed by atoms with Crippen LogP contribution in [0.1, 0.15) is 68.9 Å². The number of ketones is 1. The molecule has 0 saturated heterocycles. The van der Waals surface area contributed by atoms with E-state index < -0.39 is 27.6 Å². The zero-order valence-electron chi connectivity index (χ0n) is 27.3. The van der Waals surface area contributed by atoms with Gasteiger partial charge in [-0.25, -0.2) is 9.78 Å². The van der Waals surface area contributed by atoms with Crippen LogP contribution < -0.4 is 16.8 Å². The molecule has 0 radical (unpaired) electrons. The van der Waals surface area contributed by atoms with Gasteiger partial charge in [-0.2, -0.15) is 0 Å². The van der Waals surface area contributed by atoms with Crippen LogP contribution in [0.5, 0.6) is 0 Å². The Morgan fingerprint density at radius 2 is 1.48 bits per heavy atom. The molecule has 2 aromatic carbocycles. The summed E-state index contributed by atoms with van der Waals surface area (Å²) < 4.78 is 5.15. The van der Waals surface area contributed by atoms with Crippen molar-refractivity contribution in [2.24, 2.45) is 11.5 Å². The Hall–Kier alpha value is -3.38. The zero-order valence-corrected chi connectivity index (χ0v) is 32.3. The molecule has 2 atom stereocenters. The first-order valence-electron chi connectivity index (χ1n) is 14.5. The highest BCUT2D eigenvalue weighted by atomic mass is 79.9. The molecule has 48 heavy (non-hydrogen) atoms. The van der Waals surface area contributed by atoms with Crippen molar-refractivity contribution in [3.63, 3.8) is 0 Å².